The van der Waals surface area contributed by atoms with E-state index < -0.39 is 10.0 Å². The van der Waals surface area contributed by atoms with Crippen molar-refractivity contribution in [3.63, 3.8) is 0 Å². The van der Waals surface area contributed by atoms with Gasteiger partial charge in [-0.15, -0.1) is 0 Å². The van der Waals surface area contributed by atoms with E-state index in [0.717, 1.165) is 30.6 Å². The molecule has 1 saturated heterocycles. The van der Waals surface area contributed by atoms with Crippen LogP contribution in [0.25, 0.3) is 0 Å². The first kappa shape index (κ1) is 16.2. The summed E-state index contributed by atoms with van der Waals surface area (Å²) in [7, 11) is -3.50. The van der Waals surface area contributed by atoms with Crippen molar-refractivity contribution in [2.45, 2.75) is 43.4 Å². The Kier molecular flexibility index (Phi) is 5.42. The standard InChI is InChI=1S/C12H19ClN2O3S2/c1-3-7-18-10-5-4-6-15(8-10)20(16,17)11-9(2)14-12(13)19-11/h10H,3-8H2,1-2H3. The van der Waals surface area contributed by atoms with Gasteiger partial charge in [-0.05, 0) is 26.2 Å². The summed E-state index contributed by atoms with van der Waals surface area (Å²) in [5.74, 6) is 0. The smallest absolute Gasteiger partial charge is 0.254 e. The summed E-state index contributed by atoms with van der Waals surface area (Å²) < 4.78 is 32.9. The highest BCUT2D eigenvalue weighted by atomic mass is 35.5. The lowest BCUT2D eigenvalue weighted by Gasteiger charge is -2.31. The van der Waals surface area contributed by atoms with Gasteiger partial charge in [-0.2, -0.15) is 4.31 Å². The van der Waals surface area contributed by atoms with Crippen LogP contribution >= 0.6 is 22.9 Å². The number of halogens is 1. The first-order valence-electron chi connectivity index (χ1n) is 6.69. The lowest BCUT2D eigenvalue weighted by Crippen LogP contribution is -2.43. The first-order valence-corrected chi connectivity index (χ1v) is 9.33. The van der Waals surface area contributed by atoms with Crippen molar-refractivity contribution in [2.75, 3.05) is 19.7 Å². The van der Waals surface area contributed by atoms with E-state index in [9.17, 15) is 8.42 Å². The number of aromatic nitrogens is 1. The van der Waals surface area contributed by atoms with Crippen molar-refractivity contribution in [1.82, 2.24) is 9.29 Å². The van der Waals surface area contributed by atoms with Crippen LogP contribution in [0.3, 0.4) is 0 Å². The van der Waals surface area contributed by atoms with Crippen LogP contribution in [0, 0.1) is 6.92 Å². The van der Waals surface area contributed by atoms with Gasteiger partial charge in [0.1, 0.15) is 0 Å². The molecule has 1 unspecified atom stereocenters. The molecule has 1 fully saturated rings. The number of thiazole rings is 1. The molecule has 114 valence electrons. The maximum absolute atomic E-state index is 12.6. The van der Waals surface area contributed by atoms with E-state index in [2.05, 4.69) is 4.98 Å². The molecule has 0 aliphatic carbocycles. The van der Waals surface area contributed by atoms with Crippen molar-refractivity contribution < 1.29 is 13.2 Å². The van der Waals surface area contributed by atoms with E-state index in [1.807, 2.05) is 6.92 Å². The molecule has 0 N–H and O–H groups in total. The van der Waals surface area contributed by atoms with Crippen LogP contribution in [0.5, 0.6) is 0 Å². The summed E-state index contributed by atoms with van der Waals surface area (Å²) in [5.41, 5.74) is 0.469. The summed E-state index contributed by atoms with van der Waals surface area (Å²) >= 11 is 6.83. The van der Waals surface area contributed by atoms with Crippen LogP contribution in [0.4, 0.5) is 0 Å². The molecular weight excluding hydrogens is 320 g/mol. The van der Waals surface area contributed by atoms with Crippen LogP contribution in [-0.4, -0.2) is 43.5 Å². The van der Waals surface area contributed by atoms with Crippen LogP contribution in [0.1, 0.15) is 31.9 Å². The van der Waals surface area contributed by atoms with Gasteiger partial charge in [-0.1, -0.05) is 29.9 Å². The van der Waals surface area contributed by atoms with Crippen molar-refractivity contribution in [3.05, 3.63) is 10.2 Å². The maximum Gasteiger partial charge on any atom is 0.254 e. The molecule has 1 aliphatic heterocycles. The number of sulfonamides is 1. The first-order chi connectivity index (χ1) is 9.45. The Morgan fingerprint density at radius 1 is 1.55 bits per heavy atom. The Morgan fingerprint density at radius 3 is 2.90 bits per heavy atom. The second-order valence-corrected chi connectivity index (χ2v) is 8.55. The number of ether oxygens (including phenoxy) is 1. The van der Waals surface area contributed by atoms with Gasteiger partial charge >= 0.3 is 0 Å². The highest BCUT2D eigenvalue weighted by Gasteiger charge is 2.33. The van der Waals surface area contributed by atoms with E-state index in [-0.39, 0.29) is 14.8 Å². The quantitative estimate of drug-likeness (QED) is 0.828. The van der Waals surface area contributed by atoms with Crippen LogP contribution in [0.2, 0.25) is 4.47 Å². The molecule has 1 aromatic heterocycles. The number of rotatable bonds is 5. The second kappa shape index (κ2) is 6.70. The topological polar surface area (TPSA) is 59.5 Å². The molecule has 2 heterocycles. The number of hydrogen-bond donors (Lipinski definition) is 0. The van der Waals surface area contributed by atoms with Crippen molar-refractivity contribution in [2.24, 2.45) is 0 Å². The fraction of sp³-hybridized carbons (Fsp3) is 0.750. The van der Waals surface area contributed by atoms with Gasteiger partial charge in [0.25, 0.3) is 10.0 Å². The number of piperidine rings is 1. The third-order valence-electron chi connectivity index (χ3n) is 3.20. The monoisotopic (exact) mass is 338 g/mol. The molecular formula is C12H19ClN2O3S2. The fourth-order valence-electron chi connectivity index (χ4n) is 2.25. The lowest BCUT2D eigenvalue weighted by molar-refractivity contribution is 0.0193. The van der Waals surface area contributed by atoms with Gasteiger partial charge in [-0.25, -0.2) is 13.4 Å². The number of hydrogen-bond acceptors (Lipinski definition) is 5. The molecule has 0 spiro atoms. The zero-order valence-electron chi connectivity index (χ0n) is 11.6. The average Bonchev–Trinajstić information content (AvgIpc) is 2.76. The Hall–Kier alpha value is -0.210. The molecule has 0 aromatic carbocycles. The van der Waals surface area contributed by atoms with Crippen LogP contribution < -0.4 is 0 Å². The van der Waals surface area contributed by atoms with Gasteiger partial charge in [-0.3, -0.25) is 0 Å². The van der Waals surface area contributed by atoms with Crippen LogP contribution in [0.15, 0.2) is 4.21 Å². The minimum atomic E-state index is -3.50. The van der Waals surface area contributed by atoms with Gasteiger partial charge in [0.2, 0.25) is 0 Å². The van der Waals surface area contributed by atoms with Crippen LogP contribution in [-0.2, 0) is 14.8 Å². The highest BCUT2D eigenvalue weighted by molar-refractivity contribution is 7.91. The van der Waals surface area contributed by atoms with E-state index in [1.165, 1.54) is 4.31 Å². The van der Waals surface area contributed by atoms with Crippen molar-refractivity contribution >= 4 is 33.0 Å². The molecule has 1 aliphatic rings. The normalized spacial score (nSPS) is 21.2. The zero-order chi connectivity index (χ0) is 14.8. The van der Waals surface area contributed by atoms with E-state index in [1.54, 1.807) is 6.92 Å². The molecule has 20 heavy (non-hydrogen) atoms. The molecule has 5 nitrogen and oxygen atoms in total. The Balaban J connectivity index is 2.15. The average molecular weight is 339 g/mol. The molecule has 0 saturated carbocycles. The highest BCUT2D eigenvalue weighted by Crippen LogP contribution is 2.31. The molecule has 1 aromatic rings. The summed E-state index contributed by atoms with van der Waals surface area (Å²) in [4.78, 5) is 3.99. The SMILES string of the molecule is CCCOC1CCCN(S(=O)(=O)c2sc(Cl)nc2C)C1. The number of aryl methyl sites for hydroxylation is 1. The molecule has 1 atom stereocenters. The summed E-state index contributed by atoms with van der Waals surface area (Å²) in [5, 5.41) is 0. The van der Waals surface area contributed by atoms with Gasteiger partial charge < -0.3 is 4.74 Å². The Bertz CT molecular complexity index is 559. The molecule has 0 bridgehead atoms. The third-order valence-corrected chi connectivity index (χ3v) is 6.91. The molecule has 0 amide bonds. The van der Waals surface area contributed by atoms with E-state index >= 15 is 0 Å². The lowest BCUT2D eigenvalue weighted by atomic mass is 10.1. The van der Waals surface area contributed by atoms with Crippen molar-refractivity contribution in [3.8, 4) is 0 Å². The van der Waals surface area contributed by atoms with E-state index in [4.69, 9.17) is 16.3 Å². The molecule has 2 rings (SSSR count). The summed E-state index contributed by atoms with van der Waals surface area (Å²) in [6, 6.07) is 0. The predicted octanol–water partition coefficient (Wildman–Crippen LogP) is 2.68. The molecule has 8 heteroatoms. The van der Waals surface area contributed by atoms with Gasteiger partial charge in [0.15, 0.2) is 8.68 Å². The van der Waals surface area contributed by atoms with Crippen molar-refractivity contribution in [1.29, 1.82) is 0 Å². The fourth-order valence-corrected chi connectivity index (χ4v) is 5.64. The predicted molar refractivity (Wildman–Crippen MR) is 79.9 cm³/mol. The van der Waals surface area contributed by atoms with Gasteiger partial charge in [0.05, 0.1) is 11.8 Å². The second-order valence-electron chi connectivity index (χ2n) is 4.84. The maximum atomic E-state index is 12.6. The minimum absolute atomic E-state index is 0.0119. The Labute approximate surface area is 129 Å². The number of nitrogens with zero attached hydrogens (tertiary/aromatic N) is 2. The summed E-state index contributed by atoms with van der Waals surface area (Å²) in [6.07, 6.45) is 2.66. The largest absolute Gasteiger partial charge is 0.377 e. The zero-order valence-corrected chi connectivity index (χ0v) is 14.0. The summed E-state index contributed by atoms with van der Waals surface area (Å²) in [6.45, 7) is 5.33. The molecule has 0 radical (unpaired) electrons. The third kappa shape index (κ3) is 3.51. The van der Waals surface area contributed by atoms with Gasteiger partial charge in [0, 0.05) is 19.7 Å². The minimum Gasteiger partial charge on any atom is -0.377 e. The van der Waals surface area contributed by atoms with E-state index in [0.29, 0.717) is 25.4 Å². The Morgan fingerprint density at radius 2 is 2.30 bits per heavy atom.